The van der Waals surface area contributed by atoms with Gasteiger partial charge in [0.1, 0.15) is 57.4 Å². The Morgan fingerprint density at radius 3 is 0.750 bits per heavy atom. The summed E-state index contributed by atoms with van der Waals surface area (Å²) in [7, 11) is 3.64. The Balaban J connectivity index is 1.99. The van der Waals surface area contributed by atoms with Gasteiger partial charge in [-0.25, -0.2) is 19.2 Å². The number of esters is 4. The van der Waals surface area contributed by atoms with Crippen LogP contribution in [0.3, 0.4) is 0 Å². The van der Waals surface area contributed by atoms with Crippen molar-refractivity contribution in [2.45, 2.75) is 0 Å². The van der Waals surface area contributed by atoms with E-state index in [1.807, 2.05) is 0 Å². The van der Waals surface area contributed by atoms with Crippen molar-refractivity contribution in [3.05, 3.63) is 111 Å². The van der Waals surface area contributed by atoms with Crippen LogP contribution in [0.25, 0.3) is 0 Å². The van der Waals surface area contributed by atoms with Gasteiger partial charge in [-0.1, -0.05) is 0 Å². The summed E-state index contributed by atoms with van der Waals surface area (Å²) in [6, 6.07) is 4.96. The number of methoxy groups -OCH3 is 4. The van der Waals surface area contributed by atoms with Crippen molar-refractivity contribution in [2.24, 2.45) is 0 Å². The van der Waals surface area contributed by atoms with Crippen LogP contribution in [-0.4, -0.2) is 72.0 Å². The summed E-state index contributed by atoms with van der Waals surface area (Å²) in [6.07, 6.45) is 0. The van der Waals surface area contributed by atoms with Crippen LogP contribution in [-0.2, 0) is 18.9 Å². The SMILES string of the molecule is COC(=O)c1cc(C(=O)OC)c2cc1Oc1cc(c([N+](=O)[O-])cc1[N+](=O)[O-])Oc1cc(c(C(=O)OC)cc1C(=O)OC)Oc1cc(c([N+](=O)[O-])cc1[N+](=O)[O-])O2. The van der Waals surface area contributed by atoms with Gasteiger partial charge in [0.15, 0.2) is 0 Å². The van der Waals surface area contributed by atoms with E-state index >= 15 is 0 Å². The standard InChI is InChI=1S/C32H20N4O20/c1-49-29(37)13-5-14(30(38)50-2)22-9-21(13)53-25-11-26(18(34(43)44)7-17(25)33(41)42)55-23-10-24(16(32(40)52-4)6-15(23)31(39)51-3)56-28-12-27(54-22)19(35(45)46)8-20(28)36(47)48/h5-12H,1-4H3. The van der Waals surface area contributed by atoms with Gasteiger partial charge >= 0.3 is 46.6 Å². The van der Waals surface area contributed by atoms with E-state index in [0.29, 0.717) is 24.3 Å². The van der Waals surface area contributed by atoms with Crippen molar-refractivity contribution in [1.29, 1.82) is 0 Å². The monoisotopic (exact) mass is 780 g/mol. The minimum absolute atomic E-state index is 0.390. The molecule has 0 saturated heterocycles. The lowest BCUT2D eigenvalue weighted by Crippen LogP contribution is -2.11. The number of carbonyl (C=O) groups is 4. The van der Waals surface area contributed by atoms with Crippen LogP contribution in [0.15, 0.2) is 48.5 Å². The zero-order chi connectivity index (χ0) is 41.2. The maximum absolute atomic E-state index is 13.0. The van der Waals surface area contributed by atoms with Gasteiger partial charge in [0, 0.05) is 24.3 Å². The number of fused-ring (bicyclic) bond motifs is 8. The average Bonchev–Trinajstić information content (AvgIpc) is 3.16. The van der Waals surface area contributed by atoms with Crippen LogP contribution in [0, 0.1) is 40.5 Å². The molecule has 8 bridgehead atoms. The number of benzene rings is 4. The lowest BCUT2D eigenvalue weighted by Gasteiger charge is -2.18. The third-order valence-corrected chi connectivity index (χ3v) is 7.53. The second-order valence-electron chi connectivity index (χ2n) is 10.7. The van der Waals surface area contributed by atoms with Crippen molar-refractivity contribution in [3.63, 3.8) is 0 Å². The second-order valence-corrected chi connectivity index (χ2v) is 10.7. The first-order valence-corrected chi connectivity index (χ1v) is 14.9. The zero-order valence-corrected chi connectivity index (χ0v) is 28.6. The minimum Gasteiger partial charge on any atom is -0.465 e. The Kier molecular flexibility index (Phi) is 10.6. The molecular formula is C32H20N4O20. The topological polar surface area (TPSA) is 315 Å². The van der Waals surface area contributed by atoms with Gasteiger partial charge in [0.25, 0.3) is 0 Å². The summed E-state index contributed by atoms with van der Waals surface area (Å²) in [5, 5.41) is 48.9. The van der Waals surface area contributed by atoms with Gasteiger partial charge < -0.3 is 37.9 Å². The van der Waals surface area contributed by atoms with Gasteiger partial charge in [-0.2, -0.15) is 0 Å². The number of ether oxygens (including phenoxy) is 8. The smallest absolute Gasteiger partial charge is 0.341 e. The Hall–Kier alpha value is -8.44. The molecule has 0 amide bonds. The molecule has 0 unspecified atom stereocenters. The normalized spacial score (nSPS) is 11.2. The highest BCUT2D eigenvalue weighted by Crippen LogP contribution is 2.49. The van der Waals surface area contributed by atoms with Crippen LogP contribution in [0.4, 0.5) is 22.7 Å². The van der Waals surface area contributed by atoms with E-state index in [9.17, 15) is 59.6 Å². The molecule has 0 radical (unpaired) electrons. The molecule has 0 saturated carbocycles. The van der Waals surface area contributed by atoms with Crippen LogP contribution < -0.4 is 18.9 Å². The number of nitrogens with zero attached hydrogens (tertiary/aromatic N) is 4. The van der Waals surface area contributed by atoms with E-state index in [0.717, 1.165) is 52.7 Å². The maximum Gasteiger partial charge on any atom is 0.341 e. The lowest BCUT2D eigenvalue weighted by atomic mass is 10.1. The van der Waals surface area contributed by atoms with Crippen molar-refractivity contribution in [1.82, 2.24) is 0 Å². The molecule has 4 aromatic rings. The van der Waals surface area contributed by atoms with Crippen molar-refractivity contribution >= 4 is 46.6 Å². The average molecular weight is 781 g/mol. The molecule has 0 aromatic heterocycles. The molecule has 4 aromatic carbocycles. The molecule has 0 spiro atoms. The highest BCUT2D eigenvalue weighted by Gasteiger charge is 2.35. The van der Waals surface area contributed by atoms with Gasteiger partial charge in [-0.05, 0) is 12.1 Å². The molecule has 0 N–H and O–H groups in total. The lowest BCUT2D eigenvalue weighted by molar-refractivity contribution is -0.395. The molecule has 1 aliphatic rings. The van der Waals surface area contributed by atoms with Crippen LogP contribution >= 0.6 is 0 Å². The molecule has 0 atom stereocenters. The third-order valence-electron chi connectivity index (χ3n) is 7.53. The molecule has 288 valence electrons. The van der Waals surface area contributed by atoms with E-state index in [2.05, 4.69) is 0 Å². The molecule has 0 fully saturated rings. The number of nitro benzene ring substituents is 4. The summed E-state index contributed by atoms with van der Waals surface area (Å²) in [4.78, 5) is 96.3. The molecule has 56 heavy (non-hydrogen) atoms. The second kappa shape index (κ2) is 15.3. The maximum atomic E-state index is 13.0. The number of hydrogen-bond donors (Lipinski definition) is 0. The number of carbonyl (C=O) groups excluding carboxylic acids is 4. The van der Waals surface area contributed by atoms with Crippen molar-refractivity contribution in [2.75, 3.05) is 28.4 Å². The van der Waals surface area contributed by atoms with Gasteiger partial charge in [0.2, 0.25) is 23.0 Å². The van der Waals surface area contributed by atoms with E-state index in [1.165, 1.54) is 0 Å². The molecule has 5 rings (SSSR count). The fraction of sp³-hybridized carbons (Fsp3) is 0.125. The summed E-state index contributed by atoms with van der Waals surface area (Å²) in [5.74, 6) is -11.3. The summed E-state index contributed by atoms with van der Waals surface area (Å²) >= 11 is 0. The molecule has 0 aliphatic carbocycles. The summed E-state index contributed by atoms with van der Waals surface area (Å²) < 4.78 is 42.0. The van der Waals surface area contributed by atoms with E-state index in [-0.39, 0.29) is 0 Å². The third kappa shape index (κ3) is 7.27. The first kappa shape index (κ1) is 38.8. The van der Waals surface area contributed by atoms with Gasteiger partial charge in [-0.15, -0.1) is 0 Å². The predicted molar refractivity (Wildman–Crippen MR) is 178 cm³/mol. The van der Waals surface area contributed by atoms with Crippen LogP contribution in [0.5, 0.6) is 46.0 Å². The molecule has 1 heterocycles. The van der Waals surface area contributed by atoms with Crippen molar-refractivity contribution < 1.29 is 76.8 Å². The van der Waals surface area contributed by atoms with Gasteiger partial charge in [-0.3, -0.25) is 40.5 Å². The Bertz CT molecular complexity index is 2110. The fourth-order valence-corrected chi connectivity index (χ4v) is 4.99. The molecule has 1 aliphatic heterocycles. The van der Waals surface area contributed by atoms with E-state index in [1.54, 1.807) is 0 Å². The first-order valence-electron chi connectivity index (χ1n) is 14.9. The van der Waals surface area contributed by atoms with E-state index in [4.69, 9.17) is 37.9 Å². The summed E-state index contributed by atoms with van der Waals surface area (Å²) in [6.45, 7) is 0. The predicted octanol–water partition coefficient (Wildman–Crippen LogP) is 5.95. The van der Waals surface area contributed by atoms with Crippen LogP contribution in [0.1, 0.15) is 41.4 Å². The molecular weight excluding hydrogens is 760 g/mol. The summed E-state index contributed by atoms with van der Waals surface area (Å²) in [5.41, 5.74) is -6.98. The Labute approximate surface area is 309 Å². The highest BCUT2D eigenvalue weighted by atomic mass is 16.6. The van der Waals surface area contributed by atoms with Crippen molar-refractivity contribution in [3.8, 4) is 46.0 Å². The van der Waals surface area contributed by atoms with Gasteiger partial charge in [0.05, 0.1) is 48.1 Å². The number of rotatable bonds is 8. The molecule has 24 nitrogen and oxygen atoms in total. The quantitative estimate of drug-likeness (QED) is 0.0759. The largest absolute Gasteiger partial charge is 0.465 e. The molecule has 24 heteroatoms. The van der Waals surface area contributed by atoms with Crippen LogP contribution in [0.2, 0.25) is 0 Å². The number of hydrogen-bond acceptors (Lipinski definition) is 20. The fourth-order valence-electron chi connectivity index (χ4n) is 4.99. The Morgan fingerprint density at radius 1 is 0.375 bits per heavy atom. The highest BCUT2D eigenvalue weighted by molar-refractivity contribution is 6.01. The minimum atomic E-state index is -1.23. The number of nitro groups is 4. The Morgan fingerprint density at radius 2 is 0.571 bits per heavy atom. The zero-order valence-electron chi connectivity index (χ0n) is 28.6. The first-order chi connectivity index (χ1) is 26.5. The van der Waals surface area contributed by atoms with E-state index < -0.39 is 135 Å².